The van der Waals surface area contributed by atoms with Crippen molar-refractivity contribution in [3.63, 3.8) is 0 Å². The van der Waals surface area contributed by atoms with E-state index in [-0.39, 0.29) is 17.8 Å². The molecule has 0 aliphatic carbocycles. The van der Waals surface area contributed by atoms with Crippen LogP contribution in [-0.4, -0.2) is 38.1 Å². The standard InChI is InChI=1S/C18H17BrN4O3/c1-10-13-5-17(26-2)16(25)4-11(13)3-15(22(10)9-24)14-6-18-20-7-12(19)8-23(18)21-14/h4-10,15,25H,3H2,1-2H3. The third kappa shape index (κ3) is 2.61. The number of aromatic nitrogens is 3. The van der Waals surface area contributed by atoms with Crippen molar-refractivity contribution < 1.29 is 14.6 Å². The van der Waals surface area contributed by atoms with E-state index in [9.17, 15) is 9.90 Å². The van der Waals surface area contributed by atoms with Gasteiger partial charge in [0, 0.05) is 18.5 Å². The monoisotopic (exact) mass is 416 g/mol. The van der Waals surface area contributed by atoms with Crippen LogP contribution < -0.4 is 4.74 Å². The van der Waals surface area contributed by atoms with E-state index < -0.39 is 0 Å². The van der Waals surface area contributed by atoms with Crippen molar-refractivity contribution in [2.75, 3.05) is 7.11 Å². The summed E-state index contributed by atoms with van der Waals surface area (Å²) in [5.41, 5.74) is 3.42. The summed E-state index contributed by atoms with van der Waals surface area (Å²) in [6.45, 7) is 1.96. The molecule has 1 amide bonds. The average molecular weight is 417 g/mol. The minimum absolute atomic E-state index is 0.0948. The van der Waals surface area contributed by atoms with E-state index in [1.807, 2.05) is 19.2 Å². The molecule has 0 bridgehead atoms. The SMILES string of the molecule is COc1cc2c(cc1O)CC(c1cc3ncc(Br)cn3n1)N(C=O)C2C. The van der Waals surface area contributed by atoms with Crippen LogP contribution in [0, 0.1) is 0 Å². The second-order valence-electron chi connectivity index (χ2n) is 6.32. The highest BCUT2D eigenvalue weighted by Crippen LogP contribution is 2.42. The molecule has 0 saturated carbocycles. The largest absolute Gasteiger partial charge is 0.504 e. The Labute approximate surface area is 158 Å². The second-order valence-corrected chi connectivity index (χ2v) is 7.23. The first-order valence-electron chi connectivity index (χ1n) is 8.15. The van der Waals surface area contributed by atoms with Gasteiger partial charge in [-0.3, -0.25) is 4.79 Å². The van der Waals surface area contributed by atoms with E-state index in [0.29, 0.717) is 17.8 Å². The van der Waals surface area contributed by atoms with Crippen LogP contribution in [0.4, 0.5) is 0 Å². The number of methoxy groups -OCH3 is 1. The van der Waals surface area contributed by atoms with Crippen LogP contribution in [0.25, 0.3) is 5.65 Å². The number of carbonyl (C=O) groups excluding carboxylic acids is 1. The van der Waals surface area contributed by atoms with Crippen molar-refractivity contribution in [3.05, 3.63) is 51.9 Å². The third-order valence-electron chi connectivity index (χ3n) is 4.87. The number of amides is 1. The predicted octanol–water partition coefficient (Wildman–Crippen LogP) is 3.02. The lowest BCUT2D eigenvalue weighted by Gasteiger charge is -2.38. The van der Waals surface area contributed by atoms with E-state index in [2.05, 4.69) is 26.0 Å². The van der Waals surface area contributed by atoms with Crippen molar-refractivity contribution >= 4 is 28.0 Å². The number of phenols is 1. The number of benzene rings is 1. The number of hydrogen-bond acceptors (Lipinski definition) is 5. The Kier molecular flexibility index (Phi) is 4.07. The molecule has 0 saturated heterocycles. The van der Waals surface area contributed by atoms with Gasteiger partial charge in [-0.05, 0) is 52.5 Å². The summed E-state index contributed by atoms with van der Waals surface area (Å²) in [5.74, 6) is 0.499. The molecule has 7 nitrogen and oxygen atoms in total. The molecule has 2 unspecified atom stereocenters. The van der Waals surface area contributed by atoms with Gasteiger partial charge in [0.05, 0.1) is 29.4 Å². The van der Waals surface area contributed by atoms with Crippen molar-refractivity contribution in [3.8, 4) is 11.5 Å². The van der Waals surface area contributed by atoms with E-state index in [4.69, 9.17) is 4.74 Å². The summed E-state index contributed by atoms with van der Waals surface area (Å²) in [7, 11) is 1.51. The summed E-state index contributed by atoms with van der Waals surface area (Å²) in [6, 6.07) is 4.99. The fraction of sp³-hybridized carbons (Fsp3) is 0.278. The van der Waals surface area contributed by atoms with E-state index in [1.54, 1.807) is 27.7 Å². The minimum atomic E-state index is -0.233. The fourth-order valence-electron chi connectivity index (χ4n) is 3.56. The lowest BCUT2D eigenvalue weighted by molar-refractivity contribution is -0.123. The summed E-state index contributed by atoms with van der Waals surface area (Å²) < 4.78 is 7.72. The highest BCUT2D eigenvalue weighted by Gasteiger charge is 2.34. The Hall–Kier alpha value is -2.61. The van der Waals surface area contributed by atoms with Crippen molar-refractivity contribution in [2.45, 2.75) is 25.4 Å². The molecule has 3 heterocycles. The normalized spacial score (nSPS) is 19.4. The molecule has 134 valence electrons. The number of carbonyl (C=O) groups is 1. The van der Waals surface area contributed by atoms with Crippen LogP contribution in [0.3, 0.4) is 0 Å². The number of aromatic hydroxyl groups is 1. The second kappa shape index (κ2) is 6.28. The van der Waals surface area contributed by atoms with Gasteiger partial charge in [-0.1, -0.05) is 0 Å². The number of halogens is 1. The van der Waals surface area contributed by atoms with Gasteiger partial charge in [0.25, 0.3) is 0 Å². The number of phenolic OH excluding ortho intramolecular Hbond substituents is 1. The van der Waals surface area contributed by atoms with Gasteiger partial charge in [0.1, 0.15) is 0 Å². The lowest BCUT2D eigenvalue weighted by atomic mass is 9.87. The molecule has 3 aromatic rings. The Balaban J connectivity index is 1.81. The molecule has 0 spiro atoms. The maximum Gasteiger partial charge on any atom is 0.210 e. The topological polar surface area (TPSA) is 80.0 Å². The Morgan fingerprint density at radius 1 is 1.38 bits per heavy atom. The molecule has 1 aliphatic rings. The van der Waals surface area contributed by atoms with Crippen molar-refractivity contribution in [1.82, 2.24) is 19.5 Å². The van der Waals surface area contributed by atoms with Crippen LogP contribution in [0.2, 0.25) is 0 Å². The highest BCUT2D eigenvalue weighted by atomic mass is 79.9. The van der Waals surface area contributed by atoms with Gasteiger partial charge in [-0.25, -0.2) is 9.50 Å². The number of ether oxygens (including phenoxy) is 1. The molecule has 8 heteroatoms. The quantitative estimate of drug-likeness (QED) is 0.663. The molecule has 0 fully saturated rings. The molecule has 26 heavy (non-hydrogen) atoms. The number of nitrogens with zero attached hydrogens (tertiary/aromatic N) is 4. The highest BCUT2D eigenvalue weighted by molar-refractivity contribution is 9.10. The maximum absolute atomic E-state index is 11.8. The van der Waals surface area contributed by atoms with Crippen LogP contribution in [0.1, 0.15) is 35.8 Å². The summed E-state index contributed by atoms with van der Waals surface area (Å²) >= 11 is 3.39. The van der Waals surface area contributed by atoms with Gasteiger partial charge in [0.15, 0.2) is 17.1 Å². The summed E-state index contributed by atoms with van der Waals surface area (Å²) in [6.07, 6.45) is 4.95. The predicted molar refractivity (Wildman–Crippen MR) is 98.1 cm³/mol. The average Bonchev–Trinajstić information content (AvgIpc) is 3.04. The van der Waals surface area contributed by atoms with E-state index >= 15 is 0 Å². The van der Waals surface area contributed by atoms with Crippen LogP contribution in [0.15, 0.2) is 35.1 Å². The third-order valence-corrected chi connectivity index (χ3v) is 5.28. The fourth-order valence-corrected chi connectivity index (χ4v) is 3.85. The van der Waals surface area contributed by atoms with Gasteiger partial charge in [0.2, 0.25) is 6.41 Å². The van der Waals surface area contributed by atoms with Crippen molar-refractivity contribution in [2.24, 2.45) is 0 Å². The molecule has 1 aromatic carbocycles. The van der Waals surface area contributed by atoms with E-state index in [0.717, 1.165) is 27.7 Å². The molecular formula is C18H17BrN4O3. The van der Waals surface area contributed by atoms with E-state index in [1.165, 1.54) is 7.11 Å². The molecule has 1 aliphatic heterocycles. The molecule has 0 radical (unpaired) electrons. The first kappa shape index (κ1) is 16.8. The molecule has 1 N–H and O–H groups in total. The van der Waals surface area contributed by atoms with Gasteiger partial charge in [-0.2, -0.15) is 5.10 Å². The van der Waals surface area contributed by atoms with Crippen molar-refractivity contribution in [1.29, 1.82) is 0 Å². The molecule has 2 atom stereocenters. The Morgan fingerprint density at radius 2 is 2.19 bits per heavy atom. The number of hydrogen-bond donors (Lipinski definition) is 1. The van der Waals surface area contributed by atoms with Crippen LogP contribution >= 0.6 is 15.9 Å². The first-order chi connectivity index (χ1) is 12.5. The maximum atomic E-state index is 11.8. The minimum Gasteiger partial charge on any atom is -0.504 e. The number of fused-ring (bicyclic) bond motifs is 2. The summed E-state index contributed by atoms with van der Waals surface area (Å²) in [4.78, 5) is 17.9. The zero-order valence-corrected chi connectivity index (χ0v) is 15.8. The van der Waals surface area contributed by atoms with Gasteiger partial charge < -0.3 is 14.7 Å². The van der Waals surface area contributed by atoms with Gasteiger partial charge >= 0.3 is 0 Å². The van der Waals surface area contributed by atoms with Crippen LogP contribution in [-0.2, 0) is 11.2 Å². The molecule has 2 aromatic heterocycles. The zero-order chi connectivity index (χ0) is 18.4. The van der Waals surface area contributed by atoms with Crippen LogP contribution in [0.5, 0.6) is 11.5 Å². The Morgan fingerprint density at radius 3 is 2.92 bits per heavy atom. The lowest BCUT2D eigenvalue weighted by Crippen LogP contribution is -2.36. The molecule has 4 rings (SSSR count). The summed E-state index contributed by atoms with van der Waals surface area (Å²) in [5, 5.41) is 14.7. The molecular weight excluding hydrogens is 400 g/mol. The Bertz CT molecular complexity index is 1000. The van der Waals surface area contributed by atoms with Gasteiger partial charge in [-0.15, -0.1) is 0 Å². The number of rotatable bonds is 3. The zero-order valence-electron chi connectivity index (χ0n) is 14.3. The first-order valence-corrected chi connectivity index (χ1v) is 8.94. The smallest absolute Gasteiger partial charge is 0.210 e.